The van der Waals surface area contributed by atoms with Crippen LogP contribution in [-0.4, -0.2) is 10.2 Å². The number of nitrogens with zero attached hydrogens (tertiary/aromatic N) is 2. The van der Waals surface area contributed by atoms with E-state index in [1.54, 1.807) is 18.2 Å². The summed E-state index contributed by atoms with van der Waals surface area (Å²) >= 11 is 0. The van der Waals surface area contributed by atoms with E-state index in [0.717, 1.165) is 5.69 Å². The Balaban J connectivity index is 2.28. The fraction of sp³-hybridized carbons (Fsp3) is 0.200. The molecule has 1 atom stereocenters. The molecule has 1 aromatic heterocycles. The molecule has 0 unspecified atom stereocenters. The smallest absolute Gasteiger partial charge is 0.244 e. The number of aromatic amines is 1. The van der Waals surface area contributed by atoms with Crippen LogP contribution in [0.5, 0.6) is 5.88 Å². The lowest BCUT2D eigenvalue weighted by molar-refractivity contribution is 0.377. The maximum Gasteiger partial charge on any atom is 0.244 e. The summed E-state index contributed by atoms with van der Waals surface area (Å²) in [5.41, 5.74) is 7.85. The van der Waals surface area contributed by atoms with Crippen LogP contribution in [0.25, 0.3) is 0 Å². The van der Waals surface area contributed by atoms with Crippen molar-refractivity contribution in [3.8, 4) is 11.9 Å². The number of aromatic nitrogens is 2. The van der Waals surface area contributed by atoms with E-state index in [0.29, 0.717) is 23.4 Å². The maximum absolute atomic E-state index is 14.2. The van der Waals surface area contributed by atoms with E-state index in [9.17, 15) is 9.65 Å². The Bertz CT molecular complexity index is 772. The van der Waals surface area contributed by atoms with Gasteiger partial charge in [-0.3, -0.25) is 5.10 Å². The number of hydrogen-bond acceptors (Lipinski definition) is 4. The first-order chi connectivity index (χ1) is 10.2. The van der Waals surface area contributed by atoms with Gasteiger partial charge in [-0.25, -0.2) is 4.39 Å². The van der Waals surface area contributed by atoms with Crippen molar-refractivity contribution >= 4 is 0 Å². The zero-order valence-electron chi connectivity index (χ0n) is 11.4. The molecule has 1 aliphatic heterocycles. The van der Waals surface area contributed by atoms with Crippen molar-refractivity contribution in [2.24, 2.45) is 5.73 Å². The number of hydrogen-bond donors (Lipinski definition) is 2. The lowest BCUT2D eigenvalue weighted by Crippen LogP contribution is -2.21. The van der Waals surface area contributed by atoms with E-state index in [-0.39, 0.29) is 17.3 Å². The number of rotatable bonds is 2. The molecule has 21 heavy (non-hydrogen) atoms. The van der Waals surface area contributed by atoms with Crippen molar-refractivity contribution in [1.82, 2.24) is 10.2 Å². The minimum absolute atomic E-state index is 0.0348. The number of fused-ring (bicyclic) bond motifs is 1. The van der Waals surface area contributed by atoms with Crippen LogP contribution in [0.1, 0.15) is 29.7 Å². The summed E-state index contributed by atoms with van der Waals surface area (Å²) in [4.78, 5) is 0. The largest absolute Gasteiger partial charge is 0.420 e. The average Bonchev–Trinajstić information content (AvgIpc) is 2.89. The normalized spacial score (nSPS) is 17.1. The Morgan fingerprint density at radius 3 is 2.90 bits per heavy atom. The summed E-state index contributed by atoms with van der Waals surface area (Å²) in [7, 11) is 0. The highest BCUT2D eigenvalue weighted by molar-refractivity contribution is 5.55. The molecule has 0 amide bonds. The van der Waals surface area contributed by atoms with E-state index in [1.165, 1.54) is 6.07 Å². The second kappa shape index (κ2) is 4.94. The van der Waals surface area contributed by atoms with Crippen LogP contribution < -0.4 is 10.5 Å². The maximum atomic E-state index is 14.2. The molecule has 1 aromatic carbocycles. The van der Waals surface area contributed by atoms with Gasteiger partial charge in [0.25, 0.3) is 0 Å². The molecule has 0 spiro atoms. The quantitative estimate of drug-likeness (QED) is 0.886. The average molecular weight is 284 g/mol. The molecule has 106 valence electrons. The molecule has 5 nitrogen and oxygen atoms in total. The molecule has 0 radical (unpaired) electrons. The summed E-state index contributed by atoms with van der Waals surface area (Å²) in [6.07, 6.45) is 0.662. The number of nitriles is 1. The molecule has 0 saturated carbocycles. The number of allylic oxidation sites excluding steroid dienone is 1. The number of H-pyrrole nitrogens is 1. The van der Waals surface area contributed by atoms with Gasteiger partial charge in [-0.15, -0.1) is 5.10 Å². The first-order valence-electron chi connectivity index (χ1n) is 6.56. The lowest BCUT2D eigenvalue weighted by atomic mass is 9.83. The van der Waals surface area contributed by atoms with Crippen LogP contribution in [-0.2, 0) is 6.42 Å². The number of nitrogens with two attached hydrogens (primary N) is 1. The van der Waals surface area contributed by atoms with Gasteiger partial charge in [0.05, 0.1) is 11.5 Å². The van der Waals surface area contributed by atoms with Crippen molar-refractivity contribution in [2.75, 3.05) is 0 Å². The van der Waals surface area contributed by atoms with Crippen molar-refractivity contribution in [1.29, 1.82) is 5.26 Å². The zero-order valence-corrected chi connectivity index (χ0v) is 11.4. The molecular formula is C15H13FN4O. The SMILES string of the molecule is CCc1[nH]nc2c1[C@@H](c1ccccc1F)C(C#N)=C(N)O2. The van der Waals surface area contributed by atoms with Crippen LogP contribution in [0, 0.1) is 17.1 Å². The van der Waals surface area contributed by atoms with E-state index in [1.807, 2.05) is 13.0 Å². The van der Waals surface area contributed by atoms with Gasteiger partial charge >= 0.3 is 0 Å². The first-order valence-corrected chi connectivity index (χ1v) is 6.56. The molecule has 0 bridgehead atoms. The highest BCUT2D eigenvalue weighted by Crippen LogP contribution is 2.43. The molecule has 2 aromatic rings. The van der Waals surface area contributed by atoms with Gasteiger partial charge in [-0.2, -0.15) is 5.26 Å². The Kier molecular flexibility index (Phi) is 3.10. The number of aryl methyl sites for hydroxylation is 1. The van der Waals surface area contributed by atoms with Crippen LogP contribution in [0.15, 0.2) is 35.7 Å². The third kappa shape index (κ3) is 1.94. The van der Waals surface area contributed by atoms with Crippen molar-refractivity contribution in [3.63, 3.8) is 0 Å². The van der Waals surface area contributed by atoms with Gasteiger partial charge < -0.3 is 10.5 Å². The summed E-state index contributed by atoms with van der Waals surface area (Å²) in [6.45, 7) is 1.94. The first kappa shape index (κ1) is 13.2. The fourth-order valence-electron chi connectivity index (χ4n) is 2.60. The monoisotopic (exact) mass is 284 g/mol. The predicted octanol–water partition coefficient (Wildman–Crippen LogP) is 2.33. The van der Waals surface area contributed by atoms with Crippen molar-refractivity contribution in [3.05, 3.63) is 58.4 Å². The molecule has 3 rings (SSSR count). The van der Waals surface area contributed by atoms with Crippen LogP contribution in [0.3, 0.4) is 0 Å². The molecular weight excluding hydrogens is 271 g/mol. The highest BCUT2D eigenvalue weighted by Gasteiger charge is 2.35. The van der Waals surface area contributed by atoms with Gasteiger partial charge in [-0.05, 0) is 12.5 Å². The third-order valence-electron chi connectivity index (χ3n) is 3.59. The number of nitrogens with one attached hydrogen (secondary N) is 1. The predicted molar refractivity (Wildman–Crippen MR) is 73.7 cm³/mol. The van der Waals surface area contributed by atoms with Crippen LogP contribution in [0.2, 0.25) is 0 Å². The fourth-order valence-corrected chi connectivity index (χ4v) is 2.60. The van der Waals surface area contributed by atoms with E-state index < -0.39 is 5.92 Å². The van der Waals surface area contributed by atoms with Crippen LogP contribution in [0.4, 0.5) is 4.39 Å². The van der Waals surface area contributed by atoms with Crippen molar-refractivity contribution in [2.45, 2.75) is 19.3 Å². The Hall–Kier alpha value is -2.81. The Labute approximate surface area is 120 Å². The standard InChI is InChI=1S/C15H13FN4O/c1-2-11-13-12(8-5-3-4-6-10(8)16)9(7-17)14(18)21-15(13)20-19-11/h3-6,12H,2,18H2,1H3,(H,19,20)/t12-/m0/s1. The second-order valence-electron chi connectivity index (χ2n) is 4.72. The molecule has 1 aliphatic rings. The molecule has 0 fully saturated rings. The summed E-state index contributed by atoms with van der Waals surface area (Å²) < 4.78 is 19.6. The zero-order chi connectivity index (χ0) is 15.0. The van der Waals surface area contributed by atoms with Gasteiger partial charge in [0.2, 0.25) is 11.8 Å². The van der Waals surface area contributed by atoms with Crippen LogP contribution >= 0.6 is 0 Å². The third-order valence-corrected chi connectivity index (χ3v) is 3.59. The number of benzene rings is 1. The second-order valence-corrected chi connectivity index (χ2v) is 4.72. The van der Waals surface area contributed by atoms with Crippen molar-refractivity contribution < 1.29 is 9.13 Å². The molecule has 0 aliphatic carbocycles. The minimum atomic E-state index is -0.603. The number of halogens is 1. The van der Waals surface area contributed by atoms with Gasteiger partial charge in [0.1, 0.15) is 17.5 Å². The summed E-state index contributed by atoms with van der Waals surface area (Å²) in [6, 6.07) is 8.37. The Morgan fingerprint density at radius 1 is 1.48 bits per heavy atom. The van der Waals surface area contributed by atoms with E-state index in [2.05, 4.69) is 10.2 Å². The summed E-state index contributed by atoms with van der Waals surface area (Å²) in [5, 5.41) is 16.3. The summed E-state index contributed by atoms with van der Waals surface area (Å²) in [5.74, 6) is -0.725. The minimum Gasteiger partial charge on any atom is -0.420 e. The molecule has 3 N–H and O–H groups in total. The van der Waals surface area contributed by atoms with Gasteiger partial charge in [0.15, 0.2) is 0 Å². The topological polar surface area (TPSA) is 87.7 Å². The molecule has 2 heterocycles. The van der Waals surface area contributed by atoms with Gasteiger partial charge in [-0.1, -0.05) is 25.1 Å². The highest BCUT2D eigenvalue weighted by atomic mass is 19.1. The van der Waals surface area contributed by atoms with E-state index in [4.69, 9.17) is 10.5 Å². The Morgan fingerprint density at radius 2 is 2.24 bits per heavy atom. The van der Waals surface area contributed by atoms with E-state index >= 15 is 0 Å². The molecule has 6 heteroatoms. The lowest BCUT2D eigenvalue weighted by Gasteiger charge is -2.24. The molecule has 0 saturated heterocycles. The van der Waals surface area contributed by atoms with Gasteiger partial charge in [0, 0.05) is 11.3 Å². The number of ether oxygens (including phenoxy) is 1.